The van der Waals surface area contributed by atoms with Gasteiger partial charge in [0.25, 0.3) is 0 Å². The van der Waals surface area contributed by atoms with Gasteiger partial charge < -0.3 is 4.57 Å². The van der Waals surface area contributed by atoms with Crippen molar-refractivity contribution in [1.82, 2.24) is 4.57 Å². The molecule has 0 fully saturated rings. The summed E-state index contributed by atoms with van der Waals surface area (Å²) in [5.41, 5.74) is 17.2. The standard InChI is InChI=1S/C61H41NS/c1-4-14-41(15-5-1)44-26-30-46(31-27-44)60(47-32-28-45(29-33-47)42-16-6-2-7-17-42)50-35-37-58-55(39-50)61-52(23-13-25-59(61)63-58)49-34-36-54-53-22-10-11-24-56(53)62(57(54)40-49)51-21-12-20-48(38-51)43-18-8-3-9-19-43/h1-40,60H. The molecule has 0 spiro atoms. The van der Waals surface area contributed by atoms with Crippen LogP contribution in [0, 0.1) is 0 Å². The highest BCUT2D eigenvalue weighted by atomic mass is 32.1. The lowest BCUT2D eigenvalue weighted by molar-refractivity contribution is 0.981. The lowest BCUT2D eigenvalue weighted by Crippen LogP contribution is -2.03. The fraction of sp³-hybridized carbons (Fsp3) is 0.0164. The zero-order valence-electron chi connectivity index (χ0n) is 34.5. The van der Waals surface area contributed by atoms with E-state index >= 15 is 0 Å². The van der Waals surface area contributed by atoms with Gasteiger partial charge in [0.05, 0.1) is 11.0 Å². The highest BCUT2D eigenvalue weighted by Gasteiger charge is 2.21. The number of thiophene rings is 1. The Morgan fingerprint density at radius 1 is 0.302 bits per heavy atom. The Hall–Kier alpha value is -7.78. The first-order chi connectivity index (χ1) is 31.2. The van der Waals surface area contributed by atoms with Gasteiger partial charge in [-0.1, -0.05) is 200 Å². The summed E-state index contributed by atoms with van der Waals surface area (Å²) in [5, 5.41) is 5.12. The van der Waals surface area contributed by atoms with E-state index in [9.17, 15) is 0 Å². The molecule has 12 rings (SSSR count). The molecule has 1 nitrogen and oxygen atoms in total. The van der Waals surface area contributed by atoms with E-state index in [0.717, 1.165) is 5.69 Å². The number of para-hydroxylation sites is 1. The number of benzene rings is 10. The van der Waals surface area contributed by atoms with Gasteiger partial charge in [-0.3, -0.25) is 0 Å². The van der Waals surface area contributed by atoms with Crippen LogP contribution in [0.25, 0.3) is 92.2 Å². The molecule has 2 heterocycles. The monoisotopic (exact) mass is 819 g/mol. The molecule has 0 saturated carbocycles. The first-order valence-corrected chi connectivity index (χ1v) is 22.5. The first kappa shape index (κ1) is 37.0. The largest absolute Gasteiger partial charge is 0.309 e. The van der Waals surface area contributed by atoms with Gasteiger partial charge in [-0.25, -0.2) is 0 Å². The SMILES string of the molecule is c1ccc(-c2ccc(C(c3ccc(-c4ccccc4)cc3)c3ccc4sc5cccc(-c6ccc7c8ccccc8n(-c8cccc(-c9ccccc9)c8)c7c6)c5c4c3)cc2)cc1. The third-order valence-corrected chi connectivity index (χ3v) is 13.9. The van der Waals surface area contributed by atoms with Gasteiger partial charge in [-0.05, 0) is 104 Å². The predicted octanol–water partition coefficient (Wildman–Crippen LogP) is 17.0. The van der Waals surface area contributed by atoms with Crippen molar-refractivity contribution in [3.05, 3.63) is 259 Å². The maximum absolute atomic E-state index is 2.48. The van der Waals surface area contributed by atoms with Gasteiger partial charge >= 0.3 is 0 Å². The van der Waals surface area contributed by atoms with Crippen LogP contribution in [0.2, 0.25) is 0 Å². The fourth-order valence-electron chi connectivity index (χ4n) is 9.71. The Kier molecular flexibility index (Phi) is 9.17. The van der Waals surface area contributed by atoms with Gasteiger partial charge in [-0.15, -0.1) is 11.3 Å². The zero-order chi connectivity index (χ0) is 41.7. The van der Waals surface area contributed by atoms with Crippen molar-refractivity contribution in [3.8, 4) is 50.2 Å². The zero-order valence-corrected chi connectivity index (χ0v) is 35.3. The quantitative estimate of drug-likeness (QED) is 0.135. The number of nitrogens with zero attached hydrogens (tertiary/aromatic N) is 1. The van der Waals surface area contributed by atoms with Crippen LogP contribution in [0.3, 0.4) is 0 Å². The molecular weight excluding hydrogens is 779 g/mol. The van der Waals surface area contributed by atoms with Gasteiger partial charge in [0.1, 0.15) is 0 Å². The van der Waals surface area contributed by atoms with Crippen LogP contribution in [0.1, 0.15) is 22.6 Å². The molecule has 0 atom stereocenters. The van der Waals surface area contributed by atoms with Crippen molar-refractivity contribution in [1.29, 1.82) is 0 Å². The molecule has 0 aliphatic carbocycles. The van der Waals surface area contributed by atoms with Gasteiger partial charge in [-0.2, -0.15) is 0 Å². The van der Waals surface area contributed by atoms with E-state index in [1.807, 2.05) is 11.3 Å². The van der Waals surface area contributed by atoms with Crippen molar-refractivity contribution in [2.24, 2.45) is 0 Å². The summed E-state index contributed by atoms with van der Waals surface area (Å²) in [6.45, 7) is 0. The highest BCUT2D eigenvalue weighted by molar-refractivity contribution is 7.26. The Bertz CT molecular complexity index is 3500. The normalized spacial score (nSPS) is 11.6. The molecule has 0 aliphatic rings. The minimum absolute atomic E-state index is 0.0462. The van der Waals surface area contributed by atoms with E-state index in [-0.39, 0.29) is 5.92 Å². The van der Waals surface area contributed by atoms with E-state index in [1.54, 1.807) is 0 Å². The summed E-state index contributed by atoms with van der Waals surface area (Å²) in [4.78, 5) is 0. The van der Waals surface area contributed by atoms with Crippen LogP contribution in [-0.4, -0.2) is 4.57 Å². The third kappa shape index (κ3) is 6.64. The fourth-order valence-corrected chi connectivity index (χ4v) is 10.8. The number of rotatable bonds is 8. The smallest absolute Gasteiger partial charge is 0.0547 e. The van der Waals surface area contributed by atoms with Crippen LogP contribution in [0.5, 0.6) is 0 Å². The second kappa shape index (κ2) is 15.6. The minimum atomic E-state index is 0.0462. The van der Waals surface area contributed by atoms with Crippen LogP contribution in [-0.2, 0) is 0 Å². The summed E-state index contributed by atoms with van der Waals surface area (Å²) in [7, 11) is 0. The van der Waals surface area contributed by atoms with E-state index in [4.69, 9.17) is 0 Å². The molecule has 0 radical (unpaired) electrons. The number of hydrogen-bond donors (Lipinski definition) is 0. The molecule has 2 heteroatoms. The van der Waals surface area contributed by atoms with Gasteiger partial charge in [0.2, 0.25) is 0 Å². The lowest BCUT2D eigenvalue weighted by atomic mass is 9.83. The van der Waals surface area contributed by atoms with E-state index in [0.29, 0.717) is 0 Å². The summed E-state index contributed by atoms with van der Waals surface area (Å²) >= 11 is 1.88. The molecule has 0 aliphatic heterocycles. The van der Waals surface area contributed by atoms with Crippen LogP contribution < -0.4 is 0 Å². The maximum atomic E-state index is 2.48. The van der Waals surface area contributed by atoms with E-state index < -0.39 is 0 Å². The van der Waals surface area contributed by atoms with E-state index in [1.165, 1.54) is 103 Å². The van der Waals surface area contributed by atoms with Crippen molar-refractivity contribution in [2.45, 2.75) is 5.92 Å². The van der Waals surface area contributed by atoms with E-state index in [2.05, 4.69) is 247 Å². The Morgan fingerprint density at radius 3 is 1.49 bits per heavy atom. The first-order valence-electron chi connectivity index (χ1n) is 21.7. The molecule has 0 N–H and O–H groups in total. The summed E-state index contributed by atoms with van der Waals surface area (Å²) in [6, 6.07) is 89.2. The average molecular weight is 820 g/mol. The Labute approximate surface area is 371 Å². The lowest BCUT2D eigenvalue weighted by Gasteiger charge is -2.20. The highest BCUT2D eigenvalue weighted by Crippen LogP contribution is 2.44. The van der Waals surface area contributed by atoms with Gasteiger partial charge in [0.15, 0.2) is 0 Å². The van der Waals surface area contributed by atoms with Crippen LogP contribution in [0.15, 0.2) is 243 Å². The van der Waals surface area contributed by atoms with Crippen LogP contribution >= 0.6 is 11.3 Å². The summed E-state index contributed by atoms with van der Waals surface area (Å²) in [5.74, 6) is 0.0462. The van der Waals surface area contributed by atoms with Crippen LogP contribution in [0.4, 0.5) is 0 Å². The molecular formula is C61H41NS. The minimum Gasteiger partial charge on any atom is -0.309 e. The number of aromatic nitrogens is 1. The average Bonchev–Trinajstić information content (AvgIpc) is 3.91. The van der Waals surface area contributed by atoms with Crippen molar-refractivity contribution in [2.75, 3.05) is 0 Å². The molecule has 2 aromatic heterocycles. The maximum Gasteiger partial charge on any atom is 0.0547 e. The van der Waals surface area contributed by atoms with Crippen molar-refractivity contribution >= 4 is 53.3 Å². The topological polar surface area (TPSA) is 4.93 Å². The summed E-state index contributed by atoms with van der Waals surface area (Å²) < 4.78 is 5.04. The Morgan fingerprint density at radius 2 is 0.825 bits per heavy atom. The second-order valence-corrected chi connectivity index (χ2v) is 17.5. The second-order valence-electron chi connectivity index (χ2n) is 16.4. The number of hydrogen-bond acceptors (Lipinski definition) is 1. The molecule has 10 aromatic carbocycles. The van der Waals surface area contributed by atoms with Crippen molar-refractivity contribution < 1.29 is 0 Å². The third-order valence-electron chi connectivity index (χ3n) is 12.8. The molecule has 0 bridgehead atoms. The molecule has 0 saturated heterocycles. The Balaban J connectivity index is 1.01. The summed E-state index contributed by atoms with van der Waals surface area (Å²) in [6.07, 6.45) is 0. The number of fused-ring (bicyclic) bond motifs is 6. The molecule has 296 valence electrons. The van der Waals surface area contributed by atoms with Gasteiger partial charge in [0, 0.05) is 42.6 Å². The molecule has 0 unspecified atom stereocenters. The molecule has 0 amide bonds. The predicted molar refractivity (Wildman–Crippen MR) is 269 cm³/mol. The molecule has 63 heavy (non-hydrogen) atoms. The van der Waals surface area contributed by atoms with Crippen molar-refractivity contribution in [3.63, 3.8) is 0 Å². The molecule has 12 aromatic rings.